The normalized spacial score (nSPS) is 10.5. The van der Waals surface area contributed by atoms with E-state index in [2.05, 4.69) is 10.3 Å². The van der Waals surface area contributed by atoms with E-state index in [0.29, 0.717) is 11.2 Å². The third-order valence-electron chi connectivity index (χ3n) is 4.01. The molecule has 0 atom stereocenters. The number of nitrogens with one attached hydrogen (secondary N) is 1. The van der Waals surface area contributed by atoms with Gasteiger partial charge in [0, 0.05) is 28.8 Å². The molecule has 0 radical (unpaired) electrons. The summed E-state index contributed by atoms with van der Waals surface area (Å²) in [5, 5.41) is 14.7. The molecule has 1 amide bonds. The largest absolute Gasteiger partial charge is 0.462 e. The van der Waals surface area contributed by atoms with Gasteiger partial charge in [0.25, 0.3) is 11.6 Å². The summed E-state index contributed by atoms with van der Waals surface area (Å²) in [5.41, 5.74) is 1.40. The average Bonchev–Trinajstić information content (AvgIpc) is 2.68. The van der Waals surface area contributed by atoms with E-state index in [1.165, 1.54) is 6.07 Å². The molecule has 8 nitrogen and oxygen atoms in total. The minimum atomic E-state index is -0.734. The van der Waals surface area contributed by atoms with Crippen LogP contribution in [0.4, 0.5) is 11.4 Å². The standard InChI is InChI=1S/C20H17N3O5/c1-3-28-20(25)15-9-14(10-16(11-15)23(26)27)19(24)22-17-6-4-5-13-8-7-12(2)21-18(13)17/h4-11H,3H2,1-2H3,(H,22,24). The minimum Gasteiger partial charge on any atom is -0.462 e. The van der Waals surface area contributed by atoms with E-state index in [1.807, 2.05) is 25.1 Å². The third kappa shape index (κ3) is 3.96. The summed E-state index contributed by atoms with van der Waals surface area (Å²) < 4.78 is 4.88. The van der Waals surface area contributed by atoms with Crippen molar-refractivity contribution < 1.29 is 19.2 Å². The third-order valence-corrected chi connectivity index (χ3v) is 4.01. The fraction of sp³-hybridized carbons (Fsp3) is 0.150. The van der Waals surface area contributed by atoms with Crippen molar-refractivity contribution in [2.45, 2.75) is 13.8 Å². The summed E-state index contributed by atoms with van der Waals surface area (Å²) in [6.45, 7) is 3.58. The Hall–Kier alpha value is -3.81. The van der Waals surface area contributed by atoms with Crippen molar-refractivity contribution in [1.82, 2.24) is 4.98 Å². The van der Waals surface area contributed by atoms with E-state index in [0.717, 1.165) is 23.2 Å². The maximum absolute atomic E-state index is 12.7. The molecule has 0 aliphatic heterocycles. The number of aromatic nitrogens is 1. The zero-order valence-electron chi connectivity index (χ0n) is 15.3. The first-order valence-corrected chi connectivity index (χ1v) is 8.53. The highest BCUT2D eigenvalue weighted by molar-refractivity contribution is 6.09. The molecule has 8 heteroatoms. The van der Waals surface area contributed by atoms with Crippen molar-refractivity contribution in [1.29, 1.82) is 0 Å². The Morgan fingerprint density at radius 3 is 2.61 bits per heavy atom. The van der Waals surface area contributed by atoms with Gasteiger partial charge in [-0.1, -0.05) is 18.2 Å². The molecule has 0 aliphatic rings. The summed E-state index contributed by atoms with van der Waals surface area (Å²) in [5.74, 6) is -1.33. The molecule has 0 spiro atoms. The Kier molecular flexibility index (Phi) is 5.30. The number of fused-ring (bicyclic) bond motifs is 1. The summed E-state index contributed by atoms with van der Waals surface area (Å²) >= 11 is 0. The number of aryl methyl sites for hydroxylation is 1. The number of hydrogen-bond donors (Lipinski definition) is 1. The van der Waals surface area contributed by atoms with Gasteiger partial charge in [-0.25, -0.2) is 4.79 Å². The van der Waals surface area contributed by atoms with Crippen LogP contribution in [0.3, 0.4) is 0 Å². The van der Waals surface area contributed by atoms with Crippen LogP contribution in [0.5, 0.6) is 0 Å². The molecule has 28 heavy (non-hydrogen) atoms. The monoisotopic (exact) mass is 379 g/mol. The van der Waals surface area contributed by atoms with Gasteiger partial charge in [0.1, 0.15) is 0 Å². The minimum absolute atomic E-state index is 0.0260. The van der Waals surface area contributed by atoms with E-state index >= 15 is 0 Å². The zero-order valence-corrected chi connectivity index (χ0v) is 15.3. The van der Waals surface area contributed by atoms with E-state index in [-0.39, 0.29) is 23.4 Å². The van der Waals surface area contributed by atoms with Crippen LogP contribution in [0.1, 0.15) is 33.3 Å². The number of hydrogen-bond acceptors (Lipinski definition) is 6. The number of carbonyl (C=O) groups excluding carboxylic acids is 2. The number of ether oxygens (including phenoxy) is 1. The Labute approximate surface area is 160 Å². The predicted octanol–water partition coefficient (Wildman–Crippen LogP) is 3.88. The number of esters is 1. The number of benzene rings is 2. The molecule has 3 aromatic rings. The van der Waals surface area contributed by atoms with Crippen LogP contribution < -0.4 is 5.32 Å². The zero-order chi connectivity index (χ0) is 20.3. The molecule has 0 bridgehead atoms. The van der Waals surface area contributed by atoms with E-state index < -0.39 is 16.8 Å². The quantitative estimate of drug-likeness (QED) is 0.409. The van der Waals surface area contributed by atoms with Gasteiger partial charge in [-0.3, -0.25) is 19.9 Å². The lowest BCUT2D eigenvalue weighted by Gasteiger charge is -2.10. The molecule has 0 saturated carbocycles. The Morgan fingerprint density at radius 1 is 1.14 bits per heavy atom. The number of nitrogens with zero attached hydrogens (tertiary/aromatic N) is 2. The summed E-state index contributed by atoms with van der Waals surface area (Å²) in [6, 6.07) is 12.5. The summed E-state index contributed by atoms with van der Waals surface area (Å²) in [6.07, 6.45) is 0. The number of amides is 1. The van der Waals surface area contributed by atoms with E-state index in [4.69, 9.17) is 4.74 Å². The second-order valence-corrected chi connectivity index (χ2v) is 6.03. The van der Waals surface area contributed by atoms with Crippen LogP contribution in [0.2, 0.25) is 0 Å². The molecule has 0 aliphatic carbocycles. The molecule has 142 valence electrons. The van der Waals surface area contributed by atoms with Gasteiger partial charge in [-0.05, 0) is 32.0 Å². The number of nitro groups is 1. The fourth-order valence-electron chi connectivity index (χ4n) is 2.72. The number of anilines is 1. The summed E-state index contributed by atoms with van der Waals surface area (Å²) in [7, 11) is 0. The van der Waals surface area contributed by atoms with Crippen LogP contribution >= 0.6 is 0 Å². The number of pyridine rings is 1. The van der Waals surface area contributed by atoms with Crippen molar-refractivity contribution in [2.75, 3.05) is 11.9 Å². The Morgan fingerprint density at radius 2 is 1.89 bits per heavy atom. The highest BCUT2D eigenvalue weighted by Crippen LogP contribution is 2.24. The van der Waals surface area contributed by atoms with Crippen molar-refractivity contribution in [3.05, 3.63) is 75.5 Å². The lowest BCUT2D eigenvalue weighted by Crippen LogP contribution is -2.14. The maximum Gasteiger partial charge on any atom is 0.338 e. The lowest BCUT2D eigenvalue weighted by molar-refractivity contribution is -0.384. The molecule has 3 rings (SSSR count). The topological polar surface area (TPSA) is 111 Å². The van der Waals surface area contributed by atoms with Crippen LogP contribution in [-0.2, 0) is 4.74 Å². The van der Waals surface area contributed by atoms with Crippen molar-refractivity contribution in [3.63, 3.8) is 0 Å². The number of carbonyl (C=O) groups is 2. The van der Waals surface area contributed by atoms with Crippen LogP contribution in [0.15, 0.2) is 48.5 Å². The van der Waals surface area contributed by atoms with Crippen LogP contribution in [-0.4, -0.2) is 28.4 Å². The highest BCUT2D eigenvalue weighted by atomic mass is 16.6. The lowest BCUT2D eigenvalue weighted by atomic mass is 10.1. The van der Waals surface area contributed by atoms with Gasteiger partial charge in [-0.15, -0.1) is 0 Å². The summed E-state index contributed by atoms with van der Waals surface area (Å²) in [4.78, 5) is 39.7. The van der Waals surface area contributed by atoms with Crippen molar-refractivity contribution >= 4 is 34.2 Å². The number of non-ortho nitro benzene ring substituents is 1. The van der Waals surface area contributed by atoms with Crippen molar-refractivity contribution in [2.24, 2.45) is 0 Å². The SMILES string of the molecule is CCOC(=O)c1cc(C(=O)Nc2cccc3ccc(C)nc23)cc([N+](=O)[O-])c1. The van der Waals surface area contributed by atoms with Crippen molar-refractivity contribution in [3.8, 4) is 0 Å². The maximum atomic E-state index is 12.7. The van der Waals surface area contributed by atoms with Crippen LogP contribution in [0, 0.1) is 17.0 Å². The van der Waals surface area contributed by atoms with E-state index in [9.17, 15) is 19.7 Å². The van der Waals surface area contributed by atoms with Gasteiger partial charge in [0.2, 0.25) is 0 Å². The predicted molar refractivity (Wildman–Crippen MR) is 103 cm³/mol. The molecule has 1 aromatic heterocycles. The highest BCUT2D eigenvalue weighted by Gasteiger charge is 2.19. The molecular formula is C20H17N3O5. The van der Waals surface area contributed by atoms with Gasteiger partial charge >= 0.3 is 5.97 Å². The molecule has 1 N–H and O–H groups in total. The Bertz CT molecular complexity index is 1090. The van der Waals surface area contributed by atoms with Crippen LogP contribution in [0.25, 0.3) is 10.9 Å². The van der Waals surface area contributed by atoms with Gasteiger partial charge in [0.15, 0.2) is 0 Å². The second kappa shape index (κ2) is 7.83. The first-order chi connectivity index (χ1) is 13.4. The smallest absolute Gasteiger partial charge is 0.338 e. The second-order valence-electron chi connectivity index (χ2n) is 6.03. The molecule has 0 fully saturated rings. The van der Waals surface area contributed by atoms with E-state index in [1.54, 1.807) is 19.1 Å². The molecule has 2 aromatic carbocycles. The number of nitro benzene ring substituents is 1. The average molecular weight is 379 g/mol. The van der Waals surface area contributed by atoms with Gasteiger partial charge in [0.05, 0.1) is 28.3 Å². The number of rotatable bonds is 5. The number of para-hydroxylation sites is 1. The fourth-order valence-corrected chi connectivity index (χ4v) is 2.72. The van der Waals surface area contributed by atoms with Gasteiger partial charge < -0.3 is 10.1 Å². The molecular weight excluding hydrogens is 362 g/mol. The van der Waals surface area contributed by atoms with Gasteiger partial charge in [-0.2, -0.15) is 0 Å². The molecule has 0 unspecified atom stereocenters. The first-order valence-electron chi connectivity index (χ1n) is 8.53. The Balaban J connectivity index is 2.00. The first kappa shape index (κ1) is 19.0. The molecule has 0 saturated heterocycles. The molecule has 1 heterocycles.